The van der Waals surface area contributed by atoms with E-state index < -0.39 is 24.1 Å². The highest BCUT2D eigenvalue weighted by Crippen LogP contribution is 2.28. The zero-order valence-corrected chi connectivity index (χ0v) is 9.28. The van der Waals surface area contributed by atoms with Gasteiger partial charge in [-0.15, -0.1) is 0 Å². The van der Waals surface area contributed by atoms with Crippen LogP contribution in [0, 0.1) is 0 Å². The third-order valence-corrected chi connectivity index (χ3v) is 2.05. The molecule has 98 valence electrons. The summed E-state index contributed by atoms with van der Waals surface area (Å²) in [6.45, 7) is -0.233. The van der Waals surface area contributed by atoms with Crippen LogP contribution < -0.4 is 4.74 Å². The first-order valence-electron chi connectivity index (χ1n) is 5.08. The topological polar surface area (TPSA) is 46.5 Å². The van der Waals surface area contributed by atoms with E-state index >= 15 is 0 Å². The zero-order chi connectivity index (χ0) is 13.6. The number of alkyl halides is 3. The molecule has 0 aliphatic heterocycles. The molecule has 0 saturated heterocycles. The van der Waals surface area contributed by atoms with Gasteiger partial charge in [0.1, 0.15) is 5.75 Å². The minimum absolute atomic E-state index is 0.161. The molecular weight excluding hydrogens is 249 g/mol. The van der Waals surface area contributed by atoms with Crippen LogP contribution in [0.1, 0.15) is 6.42 Å². The number of hydrogen-bond acceptors (Lipinski definition) is 2. The van der Waals surface area contributed by atoms with E-state index in [9.17, 15) is 18.0 Å². The average Bonchev–Trinajstić information content (AvgIpc) is 2.27. The number of halogens is 3. The van der Waals surface area contributed by atoms with Crippen molar-refractivity contribution < 1.29 is 27.8 Å². The number of carboxylic acids is 1. The molecule has 18 heavy (non-hydrogen) atoms. The van der Waals surface area contributed by atoms with Crippen LogP contribution in [0.3, 0.4) is 0 Å². The van der Waals surface area contributed by atoms with E-state index in [1.807, 2.05) is 0 Å². The Kier molecular flexibility index (Phi) is 4.76. The Hall–Kier alpha value is -1.98. The van der Waals surface area contributed by atoms with E-state index in [-0.39, 0.29) is 12.7 Å². The Balaban J connectivity index is 2.56. The van der Waals surface area contributed by atoms with Gasteiger partial charge in [0.05, 0.1) is 6.61 Å². The zero-order valence-electron chi connectivity index (χ0n) is 9.28. The Labute approximate surface area is 101 Å². The van der Waals surface area contributed by atoms with E-state index in [0.717, 1.165) is 0 Å². The molecule has 0 spiro atoms. The summed E-state index contributed by atoms with van der Waals surface area (Å²) in [7, 11) is 0. The normalized spacial score (nSPS) is 12.3. The van der Waals surface area contributed by atoms with Gasteiger partial charge in [-0.25, -0.2) is 4.79 Å². The molecule has 3 nitrogen and oxygen atoms in total. The Bertz CT molecular complexity index is 424. The largest absolute Gasteiger partial charge is 0.493 e. The molecule has 0 radical (unpaired) electrons. The van der Waals surface area contributed by atoms with Crippen molar-refractivity contribution in [2.75, 3.05) is 6.61 Å². The predicted octanol–water partition coefficient (Wildman–Crippen LogP) is 3.03. The lowest BCUT2D eigenvalue weighted by atomic mass is 10.2. The molecule has 0 fully saturated rings. The summed E-state index contributed by atoms with van der Waals surface area (Å²) < 4.78 is 42.3. The molecule has 0 amide bonds. The fourth-order valence-electron chi connectivity index (χ4n) is 1.24. The number of aliphatic carboxylic acids is 1. The monoisotopic (exact) mass is 260 g/mol. The molecule has 1 aromatic rings. The number of carboxylic acid groups (broad SMARTS) is 1. The maximum atomic E-state index is 12.4. The van der Waals surface area contributed by atoms with Crippen LogP contribution in [0.2, 0.25) is 0 Å². The summed E-state index contributed by atoms with van der Waals surface area (Å²) in [6.07, 6.45) is -5.00. The molecule has 0 saturated carbocycles. The molecule has 0 heterocycles. The highest BCUT2D eigenvalue weighted by atomic mass is 19.4. The van der Waals surface area contributed by atoms with Crippen molar-refractivity contribution in [3.05, 3.63) is 42.0 Å². The first-order chi connectivity index (χ1) is 8.39. The second-order valence-electron chi connectivity index (χ2n) is 3.42. The number of hydrogen-bond donors (Lipinski definition) is 1. The van der Waals surface area contributed by atoms with Crippen LogP contribution in [0.5, 0.6) is 5.75 Å². The van der Waals surface area contributed by atoms with Gasteiger partial charge in [0.2, 0.25) is 0 Å². The maximum Gasteiger partial charge on any atom is 0.413 e. The predicted molar refractivity (Wildman–Crippen MR) is 58.3 cm³/mol. The highest BCUT2D eigenvalue weighted by Gasteiger charge is 2.33. The summed E-state index contributed by atoms with van der Waals surface area (Å²) in [5, 5.41) is 8.35. The van der Waals surface area contributed by atoms with Crippen LogP contribution in [0.25, 0.3) is 0 Å². The molecule has 6 heteroatoms. The fourth-order valence-corrected chi connectivity index (χ4v) is 1.24. The first-order valence-corrected chi connectivity index (χ1v) is 5.08. The van der Waals surface area contributed by atoms with Crippen molar-refractivity contribution in [3.63, 3.8) is 0 Å². The van der Waals surface area contributed by atoms with Crippen LogP contribution in [0.4, 0.5) is 13.2 Å². The van der Waals surface area contributed by atoms with Crippen molar-refractivity contribution in [1.82, 2.24) is 0 Å². The lowest BCUT2D eigenvalue weighted by molar-refractivity contribution is -0.132. The van der Waals surface area contributed by atoms with Gasteiger partial charge in [-0.3, -0.25) is 0 Å². The van der Waals surface area contributed by atoms with Crippen LogP contribution in [-0.2, 0) is 4.79 Å². The van der Waals surface area contributed by atoms with E-state index in [4.69, 9.17) is 9.84 Å². The Morgan fingerprint density at radius 2 is 1.89 bits per heavy atom. The first kappa shape index (κ1) is 14.1. The SMILES string of the molecule is O=C(O)/C=C(\CCOc1ccccc1)C(F)(F)F. The van der Waals surface area contributed by atoms with Crippen molar-refractivity contribution in [3.8, 4) is 5.75 Å². The summed E-state index contributed by atoms with van der Waals surface area (Å²) >= 11 is 0. The van der Waals surface area contributed by atoms with Crippen LogP contribution in [0.15, 0.2) is 42.0 Å². The number of para-hydroxylation sites is 1. The summed E-state index contributed by atoms with van der Waals surface area (Å²) in [4.78, 5) is 10.3. The van der Waals surface area contributed by atoms with E-state index in [0.29, 0.717) is 5.75 Å². The third kappa shape index (κ3) is 4.90. The van der Waals surface area contributed by atoms with Crippen molar-refractivity contribution in [2.24, 2.45) is 0 Å². The molecule has 0 aliphatic rings. The van der Waals surface area contributed by atoms with E-state index in [2.05, 4.69) is 0 Å². The smallest absolute Gasteiger partial charge is 0.413 e. The number of ether oxygens (including phenoxy) is 1. The number of benzene rings is 1. The third-order valence-electron chi connectivity index (χ3n) is 2.05. The van der Waals surface area contributed by atoms with Gasteiger partial charge in [0, 0.05) is 18.1 Å². The molecule has 0 unspecified atom stereocenters. The Morgan fingerprint density at radius 1 is 1.28 bits per heavy atom. The van der Waals surface area contributed by atoms with Crippen molar-refractivity contribution in [2.45, 2.75) is 12.6 Å². The summed E-state index contributed by atoms with van der Waals surface area (Å²) in [5.74, 6) is -1.18. The minimum atomic E-state index is -4.65. The lowest BCUT2D eigenvalue weighted by Crippen LogP contribution is -2.16. The highest BCUT2D eigenvalue weighted by molar-refractivity contribution is 5.80. The standard InChI is InChI=1S/C12H11F3O3/c13-12(14,15)9(8-11(16)17)6-7-18-10-4-2-1-3-5-10/h1-5,8H,6-7H2,(H,16,17)/b9-8+. The molecular formula is C12H11F3O3. The van der Waals surface area contributed by atoms with Gasteiger partial charge in [-0.05, 0) is 12.1 Å². The quantitative estimate of drug-likeness (QED) is 0.828. The van der Waals surface area contributed by atoms with Gasteiger partial charge in [-0.2, -0.15) is 13.2 Å². The molecule has 1 N–H and O–H groups in total. The fraction of sp³-hybridized carbons (Fsp3) is 0.250. The molecule has 0 bridgehead atoms. The summed E-state index contributed by atoms with van der Waals surface area (Å²) in [5.41, 5.74) is -1.12. The number of rotatable bonds is 5. The minimum Gasteiger partial charge on any atom is -0.493 e. The number of carbonyl (C=O) groups is 1. The van der Waals surface area contributed by atoms with Gasteiger partial charge in [0.25, 0.3) is 0 Å². The summed E-state index contributed by atoms with van der Waals surface area (Å²) in [6, 6.07) is 8.33. The average molecular weight is 260 g/mol. The van der Waals surface area contributed by atoms with Crippen LogP contribution >= 0.6 is 0 Å². The van der Waals surface area contributed by atoms with Gasteiger partial charge >= 0.3 is 12.1 Å². The van der Waals surface area contributed by atoms with Gasteiger partial charge < -0.3 is 9.84 Å². The van der Waals surface area contributed by atoms with Crippen molar-refractivity contribution in [1.29, 1.82) is 0 Å². The Morgan fingerprint density at radius 3 is 2.39 bits per heavy atom. The molecule has 0 atom stereocenters. The van der Waals surface area contributed by atoms with E-state index in [1.54, 1.807) is 30.3 Å². The second kappa shape index (κ2) is 6.09. The maximum absolute atomic E-state index is 12.4. The van der Waals surface area contributed by atoms with Crippen molar-refractivity contribution >= 4 is 5.97 Å². The molecule has 1 aromatic carbocycles. The molecule has 0 aromatic heterocycles. The van der Waals surface area contributed by atoms with E-state index in [1.165, 1.54) is 0 Å². The molecule has 0 aliphatic carbocycles. The van der Waals surface area contributed by atoms with Gasteiger partial charge in [-0.1, -0.05) is 18.2 Å². The van der Waals surface area contributed by atoms with Gasteiger partial charge in [0.15, 0.2) is 0 Å². The second-order valence-corrected chi connectivity index (χ2v) is 3.42. The molecule has 1 rings (SSSR count). The van der Waals surface area contributed by atoms with Crippen LogP contribution in [-0.4, -0.2) is 23.9 Å². The lowest BCUT2D eigenvalue weighted by Gasteiger charge is -2.11.